The van der Waals surface area contributed by atoms with E-state index in [0.29, 0.717) is 62.4 Å². The summed E-state index contributed by atoms with van der Waals surface area (Å²) >= 11 is 24.6. The molecule has 0 bridgehead atoms. The van der Waals surface area contributed by atoms with E-state index in [-0.39, 0.29) is 17.7 Å². The molecule has 0 unspecified atom stereocenters. The Balaban J connectivity index is 0.000000208. The molecule has 8 nitrogen and oxygen atoms in total. The molecule has 0 atom stereocenters. The van der Waals surface area contributed by atoms with Crippen molar-refractivity contribution >= 4 is 58.3 Å². The number of phenolic OH excluding ortho intramolecular Hbond substituents is 1. The minimum Gasteiger partial charge on any atom is -0.507 e. The molecular weight excluding hydrogens is 830 g/mol. The lowest BCUT2D eigenvalue weighted by Gasteiger charge is -2.17. The summed E-state index contributed by atoms with van der Waals surface area (Å²) in [6, 6.07) is 38.3. The Hall–Kier alpha value is -5.64. The number of aryl methyl sites for hydroxylation is 2. The van der Waals surface area contributed by atoms with Gasteiger partial charge in [-0.1, -0.05) is 64.6 Å². The Kier molecular flexibility index (Phi) is 14.1. The highest BCUT2D eigenvalue weighted by atomic mass is 35.5. The van der Waals surface area contributed by atoms with Crippen molar-refractivity contribution in [2.24, 2.45) is 0 Å². The van der Waals surface area contributed by atoms with Crippen molar-refractivity contribution in [3.63, 3.8) is 0 Å². The molecule has 0 fully saturated rings. The second-order valence-corrected chi connectivity index (χ2v) is 15.0. The molecule has 7 aromatic rings. The van der Waals surface area contributed by atoms with E-state index in [1.54, 1.807) is 68.4 Å². The Morgan fingerprint density at radius 3 is 1.64 bits per heavy atom. The largest absolute Gasteiger partial charge is 0.507 e. The minimum atomic E-state index is -0.360. The van der Waals surface area contributed by atoms with Crippen molar-refractivity contribution in [2.75, 3.05) is 13.2 Å². The highest BCUT2D eigenvalue weighted by Gasteiger charge is 2.18. The fraction of sp³-hybridized carbons (Fsp3) is 0.149. The van der Waals surface area contributed by atoms with Gasteiger partial charge in [0.1, 0.15) is 18.1 Å². The van der Waals surface area contributed by atoms with Gasteiger partial charge in [-0.25, -0.2) is 9.59 Å². The summed E-state index contributed by atoms with van der Waals surface area (Å²) in [4.78, 5) is 24.3. The van der Waals surface area contributed by atoms with Crippen molar-refractivity contribution in [3.8, 4) is 45.4 Å². The molecule has 0 spiro atoms. The van der Waals surface area contributed by atoms with Crippen LogP contribution in [0.2, 0.25) is 20.1 Å². The summed E-state index contributed by atoms with van der Waals surface area (Å²) in [5.41, 5.74) is 8.58. The zero-order valence-corrected chi connectivity index (χ0v) is 35.7. The highest BCUT2D eigenvalue weighted by molar-refractivity contribution is 6.42. The van der Waals surface area contributed by atoms with E-state index in [1.165, 1.54) is 0 Å². The maximum Gasteiger partial charge on any atom is 0.338 e. The van der Waals surface area contributed by atoms with Crippen LogP contribution in [0, 0.1) is 13.8 Å². The van der Waals surface area contributed by atoms with Gasteiger partial charge in [-0.05, 0) is 142 Å². The third kappa shape index (κ3) is 10.2. The molecule has 1 N–H and O–H groups in total. The van der Waals surface area contributed by atoms with Crippen LogP contribution in [0.1, 0.15) is 51.5 Å². The van der Waals surface area contributed by atoms with Crippen LogP contribution in [-0.4, -0.2) is 39.4 Å². The van der Waals surface area contributed by atoms with Crippen molar-refractivity contribution in [1.29, 1.82) is 0 Å². The normalized spacial score (nSPS) is 10.8. The molecule has 0 saturated heterocycles. The fourth-order valence-corrected chi connectivity index (χ4v) is 7.15. The zero-order valence-electron chi connectivity index (χ0n) is 32.6. The topological polar surface area (TPSA) is 91.9 Å². The quantitative estimate of drug-likeness (QED) is 0.130. The first-order valence-corrected chi connectivity index (χ1v) is 20.2. The maximum absolute atomic E-state index is 12.3. The molecular formula is C47H40Cl4N2O6. The molecule has 0 aliphatic rings. The number of ether oxygens (including phenoxy) is 3. The second-order valence-electron chi connectivity index (χ2n) is 13.3. The molecule has 12 heteroatoms. The van der Waals surface area contributed by atoms with Crippen LogP contribution in [0.25, 0.3) is 33.9 Å². The Morgan fingerprint density at radius 1 is 0.576 bits per heavy atom. The third-order valence-electron chi connectivity index (χ3n) is 9.21. The molecule has 0 radical (unpaired) electrons. The van der Waals surface area contributed by atoms with E-state index in [4.69, 9.17) is 60.6 Å². The number of hydrogen-bond acceptors (Lipinski definition) is 6. The Labute approximate surface area is 363 Å². The van der Waals surface area contributed by atoms with Gasteiger partial charge in [0.15, 0.2) is 0 Å². The van der Waals surface area contributed by atoms with Gasteiger partial charge >= 0.3 is 11.9 Å². The van der Waals surface area contributed by atoms with Gasteiger partial charge in [-0.15, -0.1) is 0 Å². The number of carbonyl (C=O) groups is 2. The van der Waals surface area contributed by atoms with Gasteiger partial charge in [0.2, 0.25) is 0 Å². The van der Waals surface area contributed by atoms with E-state index in [1.807, 2.05) is 91.2 Å². The molecule has 7 rings (SSSR count). The van der Waals surface area contributed by atoms with Gasteiger partial charge in [-0.3, -0.25) is 0 Å². The number of hydrogen-bond donors (Lipinski definition) is 1. The number of rotatable bonds is 11. The molecule has 0 aliphatic heterocycles. The van der Waals surface area contributed by atoms with E-state index < -0.39 is 0 Å². The van der Waals surface area contributed by atoms with Gasteiger partial charge in [0.25, 0.3) is 0 Å². The van der Waals surface area contributed by atoms with E-state index >= 15 is 0 Å². The molecule has 0 aliphatic carbocycles. The highest BCUT2D eigenvalue weighted by Crippen LogP contribution is 2.37. The molecule has 302 valence electrons. The predicted octanol–water partition coefficient (Wildman–Crippen LogP) is 13.2. The lowest BCUT2D eigenvalue weighted by Crippen LogP contribution is -2.07. The molecule has 0 saturated carbocycles. The summed E-state index contributed by atoms with van der Waals surface area (Å²) in [6.45, 7) is 8.48. The molecule has 0 amide bonds. The maximum atomic E-state index is 12.3. The van der Waals surface area contributed by atoms with Gasteiger partial charge in [-0.2, -0.15) is 0 Å². The monoisotopic (exact) mass is 868 g/mol. The summed E-state index contributed by atoms with van der Waals surface area (Å²) in [5, 5.41) is 12.3. The van der Waals surface area contributed by atoms with Crippen LogP contribution in [0.15, 0.2) is 127 Å². The Morgan fingerprint density at radius 2 is 1.10 bits per heavy atom. The number of nitrogens with zero attached hydrogens (tertiary/aromatic N) is 2. The average molecular weight is 871 g/mol. The van der Waals surface area contributed by atoms with Crippen molar-refractivity contribution < 1.29 is 28.9 Å². The number of benzene rings is 5. The first-order chi connectivity index (χ1) is 28.4. The van der Waals surface area contributed by atoms with E-state index in [0.717, 1.165) is 45.3 Å². The van der Waals surface area contributed by atoms with Gasteiger partial charge in [0.05, 0.1) is 45.8 Å². The first kappa shape index (κ1) is 43.0. The van der Waals surface area contributed by atoms with Gasteiger partial charge < -0.3 is 28.5 Å². The smallest absolute Gasteiger partial charge is 0.338 e. The van der Waals surface area contributed by atoms with Crippen LogP contribution in [0.5, 0.6) is 11.5 Å². The first-order valence-electron chi connectivity index (χ1n) is 18.7. The van der Waals surface area contributed by atoms with Crippen LogP contribution in [0.4, 0.5) is 0 Å². The summed E-state index contributed by atoms with van der Waals surface area (Å²) in [6.07, 6.45) is 0. The molecule has 2 heterocycles. The van der Waals surface area contributed by atoms with Crippen LogP contribution >= 0.6 is 46.4 Å². The number of halogens is 4. The number of phenols is 1. The van der Waals surface area contributed by atoms with Gasteiger partial charge in [0, 0.05) is 43.9 Å². The second kappa shape index (κ2) is 19.4. The number of aromatic nitrogens is 2. The van der Waals surface area contributed by atoms with Crippen LogP contribution in [0.3, 0.4) is 0 Å². The van der Waals surface area contributed by atoms with Crippen molar-refractivity contribution in [3.05, 3.63) is 176 Å². The lowest BCUT2D eigenvalue weighted by atomic mass is 10.1. The number of aromatic hydroxyl groups is 1. The lowest BCUT2D eigenvalue weighted by molar-refractivity contribution is 0.0516. The molecule has 2 aromatic heterocycles. The van der Waals surface area contributed by atoms with E-state index in [9.17, 15) is 14.7 Å². The Bertz CT molecular complexity index is 2630. The number of carbonyl (C=O) groups excluding carboxylic acids is 2. The minimum absolute atomic E-state index is 0.144. The van der Waals surface area contributed by atoms with Crippen molar-refractivity contribution in [1.82, 2.24) is 9.13 Å². The number of esters is 2. The summed E-state index contributed by atoms with van der Waals surface area (Å²) < 4.78 is 20.4. The zero-order chi connectivity index (χ0) is 42.2. The van der Waals surface area contributed by atoms with Crippen molar-refractivity contribution in [2.45, 2.75) is 34.3 Å². The summed E-state index contributed by atoms with van der Waals surface area (Å²) in [5.74, 6) is 0.0899. The standard InChI is InChI=1S/C27H22Cl3NO3.C20H18ClNO3/c1-3-33-27(32)19-5-4-6-21(14-19)31-17(2)7-11-25(31)22-15-20(28)9-12-26(22)34-16-18-8-10-23(29)24(30)13-18;1-3-25-20(24)14-5-4-6-16(11-14)22-13(2)7-9-18(22)17-12-15(21)8-10-19(17)23/h4-15H,3,16H2,1-2H3;4-12,23H,3H2,1-2H3. The molecule has 59 heavy (non-hydrogen) atoms. The SMILES string of the molecule is CCOC(=O)c1cccc(-n2c(C)ccc2-c2cc(Cl)ccc2O)c1.CCOC(=O)c1cccc(-n2c(C)ccc2-c2cc(Cl)ccc2OCc2ccc(Cl)c(Cl)c2)c1. The van der Waals surface area contributed by atoms with E-state index in [2.05, 4.69) is 4.57 Å². The van der Waals surface area contributed by atoms with Crippen LogP contribution < -0.4 is 4.74 Å². The van der Waals surface area contributed by atoms with Crippen LogP contribution in [-0.2, 0) is 16.1 Å². The third-order valence-corrected chi connectivity index (χ3v) is 10.4. The summed E-state index contributed by atoms with van der Waals surface area (Å²) in [7, 11) is 0. The average Bonchev–Trinajstić information content (AvgIpc) is 3.81. The predicted molar refractivity (Wildman–Crippen MR) is 236 cm³/mol. The molecule has 5 aromatic carbocycles. The fourth-order valence-electron chi connectivity index (χ4n) is 6.49.